The van der Waals surface area contributed by atoms with Gasteiger partial charge >= 0.3 is 0 Å². The van der Waals surface area contributed by atoms with Gasteiger partial charge in [0.05, 0.1) is 0 Å². The molecule has 2 unspecified atom stereocenters. The third-order valence-corrected chi connectivity index (χ3v) is 6.04. The van der Waals surface area contributed by atoms with Gasteiger partial charge in [-0.3, -0.25) is 0 Å². The molecule has 2 bridgehead atoms. The molecule has 6 heteroatoms. The Balaban J connectivity index is 2.11. The Kier molecular flexibility index (Phi) is 3.77. The average molecular weight is 261 g/mol. The molecule has 2 aliphatic rings. The van der Waals surface area contributed by atoms with E-state index in [9.17, 15) is 8.42 Å². The van der Waals surface area contributed by atoms with Crippen LogP contribution in [0.4, 0.5) is 0 Å². The molecule has 17 heavy (non-hydrogen) atoms. The topological polar surface area (TPSA) is 52.7 Å². The number of nitrogens with one attached hydrogen (secondary N) is 1. The molecule has 2 heterocycles. The Morgan fingerprint density at radius 2 is 1.88 bits per heavy atom. The monoisotopic (exact) mass is 261 g/mol. The van der Waals surface area contributed by atoms with Gasteiger partial charge in [0.15, 0.2) is 0 Å². The molecule has 0 aromatic heterocycles. The van der Waals surface area contributed by atoms with Crippen molar-refractivity contribution < 1.29 is 8.42 Å². The van der Waals surface area contributed by atoms with Gasteiger partial charge in [0.25, 0.3) is 10.2 Å². The molecule has 100 valence electrons. The van der Waals surface area contributed by atoms with E-state index >= 15 is 0 Å². The van der Waals surface area contributed by atoms with Gasteiger partial charge in [0, 0.05) is 38.3 Å². The molecule has 0 aromatic carbocycles. The van der Waals surface area contributed by atoms with Crippen LogP contribution in [-0.4, -0.2) is 55.3 Å². The van der Waals surface area contributed by atoms with Crippen molar-refractivity contribution in [2.45, 2.75) is 51.2 Å². The fourth-order valence-corrected chi connectivity index (χ4v) is 4.17. The van der Waals surface area contributed by atoms with Gasteiger partial charge in [-0.1, -0.05) is 0 Å². The summed E-state index contributed by atoms with van der Waals surface area (Å²) in [6, 6.07) is 0.871. The van der Waals surface area contributed by atoms with E-state index < -0.39 is 10.2 Å². The van der Waals surface area contributed by atoms with E-state index in [4.69, 9.17) is 0 Å². The van der Waals surface area contributed by atoms with E-state index in [-0.39, 0.29) is 6.04 Å². The first-order valence-electron chi connectivity index (χ1n) is 6.40. The van der Waals surface area contributed by atoms with Crippen molar-refractivity contribution in [1.29, 1.82) is 0 Å². The van der Waals surface area contributed by atoms with Crippen molar-refractivity contribution in [3.63, 3.8) is 0 Å². The zero-order chi connectivity index (χ0) is 12.6. The third kappa shape index (κ3) is 2.65. The van der Waals surface area contributed by atoms with Gasteiger partial charge in [-0.05, 0) is 33.1 Å². The van der Waals surface area contributed by atoms with Crippen LogP contribution in [0.5, 0.6) is 0 Å². The second-order valence-corrected chi connectivity index (χ2v) is 7.39. The summed E-state index contributed by atoms with van der Waals surface area (Å²) in [5, 5.41) is 3.50. The van der Waals surface area contributed by atoms with Crippen molar-refractivity contribution in [1.82, 2.24) is 13.9 Å². The summed E-state index contributed by atoms with van der Waals surface area (Å²) < 4.78 is 27.9. The van der Waals surface area contributed by atoms with Crippen molar-refractivity contribution in [2.24, 2.45) is 0 Å². The normalized spacial score (nSPS) is 31.1. The average Bonchev–Trinajstić information content (AvgIpc) is 2.56. The molecule has 2 fully saturated rings. The smallest absolute Gasteiger partial charge is 0.282 e. The Morgan fingerprint density at radius 3 is 2.53 bits per heavy atom. The molecule has 0 spiro atoms. The van der Waals surface area contributed by atoms with Crippen molar-refractivity contribution in [3.8, 4) is 0 Å². The van der Waals surface area contributed by atoms with Crippen LogP contribution in [0.15, 0.2) is 0 Å². The van der Waals surface area contributed by atoms with E-state index in [1.165, 1.54) is 10.7 Å². The summed E-state index contributed by atoms with van der Waals surface area (Å²) in [4.78, 5) is 0. The van der Waals surface area contributed by atoms with Gasteiger partial charge in [0.1, 0.15) is 0 Å². The van der Waals surface area contributed by atoms with Crippen LogP contribution >= 0.6 is 0 Å². The highest BCUT2D eigenvalue weighted by Crippen LogP contribution is 2.23. The summed E-state index contributed by atoms with van der Waals surface area (Å²) in [5.74, 6) is 0. The highest BCUT2D eigenvalue weighted by molar-refractivity contribution is 7.86. The maximum Gasteiger partial charge on any atom is 0.282 e. The zero-order valence-electron chi connectivity index (χ0n) is 10.9. The Morgan fingerprint density at radius 1 is 1.24 bits per heavy atom. The number of hydrogen-bond donors (Lipinski definition) is 1. The minimum atomic E-state index is -3.28. The van der Waals surface area contributed by atoms with E-state index in [2.05, 4.69) is 5.32 Å². The maximum absolute atomic E-state index is 12.4. The van der Waals surface area contributed by atoms with Crippen LogP contribution in [-0.2, 0) is 10.2 Å². The summed E-state index contributed by atoms with van der Waals surface area (Å²) >= 11 is 0. The van der Waals surface area contributed by atoms with E-state index in [0.29, 0.717) is 25.2 Å². The van der Waals surface area contributed by atoms with Gasteiger partial charge in [-0.25, -0.2) is 0 Å². The minimum absolute atomic E-state index is 0.00778. The third-order valence-electron chi connectivity index (χ3n) is 3.90. The predicted octanol–water partition coefficient (Wildman–Crippen LogP) is 0.398. The standard InChI is InChI=1S/C11H23N3O2S/c1-9(2)13(3)17(15,16)14-7-6-10-4-5-11(8-14)12-10/h9-12H,4-8H2,1-3H3. The summed E-state index contributed by atoms with van der Waals surface area (Å²) in [7, 11) is -1.62. The highest BCUT2D eigenvalue weighted by atomic mass is 32.2. The van der Waals surface area contributed by atoms with Gasteiger partial charge in [-0.2, -0.15) is 17.0 Å². The first kappa shape index (κ1) is 13.3. The van der Waals surface area contributed by atoms with Gasteiger partial charge in [0.2, 0.25) is 0 Å². The quantitative estimate of drug-likeness (QED) is 0.800. The van der Waals surface area contributed by atoms with Crippen molar-refractivity contribution >= 4 is 10.2 Å². The lowest BCUT2D eigenvalue weighted by Crippen LogP contribution is -2.47. The Hall–Kier alpha value is -0.170. The van der Waals surface area contributed by atoms with Crippen molar-refractivity contribution in [3.05, 3.63) is 0 Å². The largest absolute Gasteiger partial charge is 0.310 e. The fraction of sp³-hybridized carbons (Fsp3) is 1.00. The van der Waals surface area contributed by atoms with Crippen LogP contribution in [0.3, 0.4) is 0 Å². The highest BCUT2D eigenvalue weighted by Gasteiger charge is 2.36. The van der Waals surface area contributed by atoms with Crippen LogP contribution in [0, 0.1) is 0 Å². The SMILES string of the molecule is CC(C)N(C)S(=O)(=O)N1CCC2CCC(C1)N2. The van der Waals surface area contributed by atoms with Crippen molar-refractivity contribution in [2.75, 3.05) is 20.1 Å². The zero-order valence-corrected chi connectivity index (χ0v) is 11.7. The predicted molar refractivity (Wildman–Crippen MR) is 68.0 cm³/mol. The molecule has 2 aliphatic heterocycles. The second kappa shape index (κ2) is 4.84. The van der Waals surface area contributed by atoms with Crippen LogP contribution < -0.4 is 5.32 Å². The molecule has 2 atom stereocenters. The maximum atomic E-state index is 12.4. The number of nitrogens with zero attached hydrogens (tertiary/aromatic N) is 2. The van der Waals surface area contributed by atoms with E-state index in [0.717, 1.165) is 12.8 Å². The van der Waals surface area contributed by atoms with Gasteiger partial charge < -0.3 is 5.32 Å². The minimum Gasteiger partial charge on any atom is -0.310 e. The molecule has 0 radical (unpaired) electrons. The Labute approximate surface area is 104 Å². The van der Waals surface area contributed by atoms with Gasteiger partial charge in [-0.15, -0.1) is 0 Å². The fourth-order valence-electron chi connectivity index (χ4n) is 2.57. The molecule has 2 saturated heterocycles. The number of hydrogen-bond acceptors (Lipinski definition) is 3. The summed E-state index contributed by atoms with van der Waals surface area (Å²) in [6.45, 7) is 5.07. The van der Waals surface area contributed by atoms with Crippen LogP contribution in [0.25, 0.3) is 0 Å². The van der Waals surface area contributed by atoms with Crippen LogP contribution in [0.2, 0.25) is 0 Å². The lowest BCUT2D eigenvalue weighted by molar-refractivity contribution is 0.323. The summed E-state index contributed by atoms with van der Waals surface area (Å²) in [5.41, 5.74) is 0. The second-order valence-electron chi connectivity index (χ2n) is 5.40. The van der Waals surface area contributed by atoms with E-state index in [1.807, 2.05) is 13.8 Å². The number of rotatable bonds is 3. The molecule has 2 rings (SSSR count). The molecule has 0 amide bonds. The molecule has 5 nitrogen and oxygen atoms in total. The first-order valence-corrected chi connectivity index (χ1v) is 7.80. The molecule has 1 N–H and O–H groups in total. The lowest BCUT2D eigenvalue weighted by atomic mass is 10.1. The first-order chi connectivity index (χ1) is 7.91. The lowest BCUT2D eigenvalue weighted by Gasteiger charge is -2.30. The summed E-state index contributed by atoms with van der Waals surface area (Å²) in [6.07, 6.45) is 3.22. The molecule has 0 saturated carbocycles. The Bertz CT molecular complexity index is 369. The molecular formula is C11H23N3O2S. The molecule has 0 aliphatic carbocycles. The molecular weight excluding hydrogens is 238 g/mol. The van der Waals surface area contributed by atoms with Crippen LogP contribution in [0.1, 0.15) is 33.1 Å². The number of fused-ring (bicyclic) bond motifs is 2. The van der Waals surface area contributed by atoms with E-state index in [1.54, 1.807) is 11.4 Å². The molecule has 0 aromatic rings.